The summed E-state index contributed by atoms with van der Waals surface area (Å²) in [6, 6.07) is 13.8. The Kier molecular flexibility index (Phi) is 5.40. The number of aromatic amines is 1. The van der Waals surface area contributed by atoms with E-state index in [1.807, 2.05) is 42.5 Å². The number of methoxy groups -OCH3 is 1. The molecule has 0 radical (unpaired) electrons. The van der Waals surface area contributed by atoms with Crippen molar-refractivity contribution in [3.8, 4) is 5.75 Å². The molecule has 7 nitrogen and oxygen atoms in total. The smallest absolute Gasteiger partial charge is 0.256 e. The zero-order valence-electron chi connectivity index (χ0n) is 20.6. The molecule has 1 saturated carbocycles. The van der Waals surface area contributed by atoms with Crippen molar-refractivity contribution in [1.29, 1.82) is 0 Å². The van der Waals surface area contributed by atoms with E-state index in [0.717, 1.165) is 52.8 Å². The molecule has 2 heterocycles. The van der Waals surface area contributed by atoms with Crippen LogP contribution in [0, 0.1) is 17.2 Å². The van der Waals surface area contributed by atoms with Crippen molar-refractivity contribution in [3.05, 3.63) is 94.8 Å². The van der Waals surface area contributed by atoms with Crippen LogP contribution in [-0.2, 0) is 6.42 Å². The second kappa shape index (κ2) is 8.65. The average molecular weight is 499 g/mol. The third-order valence-electron chi connectivity index (χ3n) is 7.48. The fraction of sp³-hybridized carbons (Fsp3) is 0.241. The Balaban J connectivity index is 1.33. The number of fused-ring (bicyclic) bond motifs is 2. The highest BCUT2D eigenvalue weighted by atomic mass is 19.1. The highest BCUT2D eigenvalue weighted by molar-refractivity contribution is 6.10. The minimum atomic E-state index is -0.605. The first-order valence-electron chi connectivity index (χ1n) is 12.3. The van der Waals surface area contributed by atoms with E-state index in [0.29, 0.717) is 12.4 Å². The van der Waals surface area contributed by atoms with Gasteiger partial charge in [0.25, 0.3) is 5.91 Å². The number of Topliss-reactive ketones (excluding diaryl/α,β-unsaturated/α-hetero) is 1. The summed E-state index contributed by atoms with van der Waals surface area (Å²) < 4.78 is 19.0. The number of dihydropyridines is 1. The number of halogens is 1. The minimum absolute atomic E-state index is 0.0291. The Hall–Kier alpha value is -4.33. The maximum Gasteiger partial charge on any atom is 0.256 e. The maximum atomic E-state index is 14.1. The van der Waals surface area contributed by atoms with Crippen LogP contribution in [0.25, 0.3) is 5.57 Å². The molecule has 2 atom stereocenters. The van der Waals surface area contributed by atoms with Crippen molar-refractivity contribution in [2.75, 3.05) is 19.0 Å². The zero-order valence-corrected chi connectivity index (χ0v) is 20.6. The largest absolute Gasteiger partial charge is 0.494 e. The predicted octanol–water partition coefficient (Wildman–Crippen LogP) is 4.93. The van der Waals surface area contributed by atoms with E-state index in [1.165, 1.54) is 19.2 Å². The van der Waals surface area contributed by atoms with Crippen molar-refractivity contribution in [1.82, 2.24) is 15.6 Å². The molecule has 0 bridgehead atoms. The van der Waals surface area contributed by atoms with Gasteiger partial charge in [0.15, 0.2) is 17.3 Å². The molecule has 8 heteroatoms. The van der Waals surface area contributed by atoms with Crippen LogP contribution in [0.4, 0.5) is 15.8 Å². The third-order valence-corrected chi connectivity index (χ3v) is 7.48. The first-order chi connectivity index (χ1) is 17.9. The second-order valence-corrected chi connectivity index (χ2v) is 10.1. The number of anilines is 2. The number of allylic oxidation sites excluding steroid dienone is 2. The fourth-order valence-corrected chi connectivity index (χ4v) is 5.35. The summed E-state index contributed by atoms with van der Waals surface area (Å²) in [4.78, 5) is 29.7. The number of benzene rings is 2. The summed E-state index contributed by atoms with van der Waals surface area (Å²) in [5.74, 6) is -0.245. The fourth-order valence-electron chi connectivity index (χ4n) is 5.35. The lowest BCUT2D eigenvalue weighted by Gasteiger charge is -2.19. The lowest BCUT2D eigenvalue weighted by Crippen LogP contribution is -2.33. The number of aromatic nitrogens is 1. The van der Waals surface area contributed by atoms with E-state index in [9.17, 15) is 14.0 Å². The van der Waals surface area contributed by atoms with Crippen LogP contribution >= 0.6 is 0 Å². The molecule has 0 unspecified atom stereocenters. The van der Waals surface area contributed by atoms with Gasteiger partial charge < -0.3 is 25.7 Å². The Morgan fingerprint density at radius 2 is 2.00 bits per heavy atom. The number of nitrogens with one attached hydrogen (secondary N) is 4. The van der Waals surface area contributed by atoms with Crippen molar-refractivity contribution >= 4 is 28.6 Å². The second-order valence-electron chi connectivity index (χ2n) is 10.1. The Bertz CT molecular complexity index is 1490. The van der Waals surface area contributed by atoms with Crippen molar-refractivity contribution < 1.29 is 18.7 Å². The molecule has 4 N–H and O–H groups in total. The molecule has 1 amide bonds. The lowest BCUT2D eigenvalue weighted by molar-refractivity contribution is 0.0938. The molecule has 2 aromatic carbocycles. The average Bonchev–Trinajstić information content (AvgIpc) is 3.46. The number of carbonyl (C=O) groups is 2. The predicted molar refractivity (Wildman–Crippen MR) is 139 cm³/mol. The monoisotopic (exact) mass is 498 g/mol. The Morgan fingerprint density at radius 3 is 2.76 bits per heavy atom. The molecule has 1 fully saturated rings. The van der Waals surface area contributed by atoms with Gasteiger partial charge in [0.2, 0.25) is 0 Å². The van der Waals surface area contributed by atoms with Gasteiger partial charge in [-0.3, -0.25) is 9.59 Å². The van der Waals surface area contributed by atoms with Gasteiger partial charge in [-0.15, -0.1) is 0 Å². The maximum absolute atomic E-state index is 14.1. The Morgan fingerprint density at radius 1 is 1.19 bits per heavy atom. The molecule has 3 aromatic rings. The number of carbonyl (C=O) groups excluding carboxylic acids is 2. The van der Waals surface area contributed by atoms with Crippen LogP contribution in [0.3, 0.4) is 0 Å². The van der Waals surface area contributed by atoms with Crippen LogP contribution in [-0.4, -0.2) is 30.3 Å². The Labute approximate surface area is 213 Å². The summed E-state index contributed by atoms with van der Waals surface area (Å²) in [6.45, 7) is 2.64. The topological polar surface area (TPSA) is 95.2 Å². The van der Waals surface area contributed by atoms with Gasteiger partial charge in [0.05, 0.1) is 24.1 Å². The number of hydrogen-bond donors (Lipinski definition) is 4. The molecular formula is C29H27FN4O3. The summed E-state index contributed by atoms with van der Waals surface area (Å²) in [5.41, 5.74) is 5.17. The van der Waals surface area contributed by atoms with E-state index < -0.39 is 11.7 Å². The molecule has 1 aromatic heterocycles. The zero-order chi connectivity index (χ0) is 25.7. The molecule has 0 spiro atoms. The van der Waals surface area contributed by atoms with Gasteiger partial charge in [-0.2, -0.15) is 0 Å². The number of ether oxygens (including phenoxy) is 1. The van der Waals surface area contributed by atoms with Crippen molar-refractivity contribution in [2.24, 2.45) is 11.3 Å². The van der Waals surface area contributed by atoms with Crippen LogP contribution < -0.4 is 20.7 Å². The third kappa shape index (κ3) is 4.08. The number of H-pyrrole nitrogens is 1. The molecule has 3 aliphatic rings. The normalized spacial score (nSPS) is 21.6. The van der Waals surface area contributed by atoms with Gasteiger partial charge in [0, 0.05) is 35.0 Å². The van der Waals surface area contributed by atoms with Crippen LogP contribution in [0.5, 0.6) is 5.75 Å². The van der Waals surface area contributed by atoms with Gasteiger partial charge in [-0.05, 0) is 54.7 Å². The minimum Gasteiger partial charge on any atom is -0.494 e. The van der Waals surface area contributed by atoms with Gasteiger partial charge in [-0.25, -0.2) is 4.39 Å². The molecule has 37 heavy (non-hydrogen) atoms. The first kappa shape index (κ1) is 23.1. The quantitative estimate of drug-likeness (QED) is 0.387. The van der Waals surface area contributed by atoms with Gasteiger partial charge >= 0.3 is 0 Å². The number of rotatable bonds is 6. The van der Waals surface area contributed by atoms with Gasteiger partial charge in [-0.1, -0.05) is 31.2 Å². The van der Waals surface area contributed by atoms with E-state index in [1.54, 1.807) is 0 Å². The first-order valence-corrected chi connectivity index (χ1v) is 12.3. The number of amides is 1. The highest BCUT2D eigenvalue weighted by Gasteiger charge is 2.58. The SMILES string of the molecule is COc1ccc(C(=O)NC2=CC(c3[nH]c4c(c3Nc3ccccc3)C(=O)[C@@H]3C[C@]3(C)C4)=CCN2)cc1F. The summed E-state index contributed by atoms with van der Waals surface area (Å²) in [6.07, 6.45) is 5.57. The molecule has 1 aliphatic heterocycles. The summed E-state index contributed by atoms with van der Waals surface area (Å²) >= 11 is 0. The number of hydrogen-bond acceptors (Lipinski definition) is 5. The van der Waals surface area contributed by atoms with Crippen molar-refractivity contribution in [2.45, 2.75) is 19.8 Å². The molecule has 6 rings (SSSR count). The molecular weight excluding hydrogens is 471 g/mol. The molecule has 0 saturated heterocycles. The van der Waals surface area contributed by atoms with E-state index in [-0.39, 0.29) is 28.4 Å². The van der Waals surface area contributed by atoms with E-state index in [4.69, 9.17) is 4.74 Å². The van der Waals surface area contributed by atoms with E-state index >= 15 is 0 Å². The number of para-hydroxylation sites is 1. The van der Waals surface area contributed by atoms with E-state index in [2.05, 4.69) is 27.9 Å². The van der Waals surface area contributed by atoms with Crippen LogP contribution in [0.15, 0.2) is 66.5 Å². The van der Waals surface area contributed by atoms with Crippen molar-refractivity contribution in [3.63, 3.8) is 0 Å². The summed E-state index contributed by atoms with van der Waals surface area (Å²) in [5, 5.41) is 9.45. The molecule has 2 aliphatic carbocycles. The van der Waals surface area contributed by atoms with Gasteiger partial charge in [0.1, 0.15) is 5.82 Å². The number of ketones is 1. The molecule has 188 valence electrons. The lowest BCUT2D eigenvalue weighted by atomic mass is 9.87. The summed E-state index contributed by atoms with van der Waals surface area (Å²) in [7, 11) is 1.37. The van der Waals surface area contributed by atoms with Crippen LogP contribution in [0.1, 0.15) is 45.4 Å². The van der Waals surface area contributed by atoms with Crippen LogP contribution in [0.2, 0.25) is 0 Å². The standard InChI is InChI=1S/C29H27FN4O3/c1-29-14-19(29)27(35)24-21(15-29)33-25(26(24)32-18-6-4-3-5-7-18)16-10-11-31-23(13-16)34-28(36)17-8-9-22(37-2)20(30)12-17/h3-10,12-13,19,31-33H,11,14-15H2,1-2H3,(H,34,36)/t19-,29+/m0/s1. The highest BCUT2D eigenvalue weighted by Crippen LogP contribution is 2.60.